The molecule has 1 aromatic carbocycles. The van der Waals surface area contributed by atoms with Crippen molar-refractivity contribution in [2.75, 3.05) is 23.3 Å². The second-order valence-electron chi connectivity index (χ2n) is 5.06. The molecule has 22 heavy (non-hydrogen) atoms. The molecule has 0 atom stereocenters. The summed E-state index contributed by atoms with van der Waals surface area (Å²) in [6.45, 7) is 1.70. The fourth-order valence-corrected chi connectivity index (χ4v) is 2.54. The van der Waals surface area contributed by atoms with Gasteiger partial charge < -0.3 is 10.2 Å². The van der Waals surface area contributed by atoms with E-state index in [1.54, 1.807) is 12.1 Å². The van der Waals surface area contributed by atoms with Gasteiger partial charge in [0.25, 0.3) is 5.91 Å². The summed E-state index contributed by atoms with van der Waals surface area (Å²) in [5.74, 6) is -0.806. The van der Waals surface area contributed by atoms with E-state index in [0.717, 1.165) is 25.9 Å². The molecule has 1 fully saturated rings. The minimum atomic E-state index is -0.419. The molecule has 3 rings (SSSR count). The molecular formula is C15H14ClFN4O. The number of halogens is 2. The number of hydrogen-bond acceptors (Lipinski definition) is 4. The van der Waals surface area contributed by atoms with Crippen LogP contribution in [0.4, 0.5) is 15.8 Å². The van der Waals surface area contributed by atoms with E-state index in [1.807, 2.05) is 4.90 Å². The van der Waals surface area contributed by atoms with Gasteiger partial charge in [0.15, 0.2) is 0 Å². The van der Waals surface area contributed by atoms with E-state index in [4.69, 9.17) is 11.6 Å². The normalized spacial score (nSPS) is 14.2. The van der Waals surface area contributed by atoms with E-state index >= 15 is 0 Å². The van der Waals surface area contributed by atoms with Crippen LogP contribution in [-0.4, -0.2) is 29.0 Å². The van der Waals surface area contributed by atoms with Gasteiger partial charge in [-0.3, -0.25) is 4.79 Å². The quantitative estimate of drug-likeness (QED) is 0.883. The lowest BCUT2D eigenvalue weighted by atomic mass is 10.1. The average Bonchev–Trinajstić information content (AvgIpc) is 3.03. The number of carbonyl (C=O) groups is 1. The second kappa shape index (κ2) is 6.27. The highest BCUT2D eigenvalue weighted by atomic mass is 35.5. The van der Waals surface area contributed by atoms with E-state index < -0.39 is 5.91 Å². The molecule has 0 aliphatic carbocycles. The van der Waals surface area contributed by atoms with Crippen molar-refractivity contribution < 1.29 is 9.18 Å². The Morgan fingerprint density at radius 2 is 1.91 bits per heavy atom. The molecular weight excluding hydrogens is 307 g/mol. The Balaban J connectivity index is 1.75. The lowest BCUT2D eigenvalue weighted by molar-refractivity contribution is 0.102. The minimum absolute atomic E-state index is 0.0963. The predicted octanol–water partition coefficient (Wildman–Crippen LogP) is 3.12. The third-order valence-corrected chi connectivity index (χ3v) is 3.73. The lowest BCUT2D eigenvalue weighted by Crippen LogP contribution is -2.20. The van der Waals surface area contributed by atoms with Crippen LogP contribution in [0.5, 0.6) is 0 Å². The zero-order valence-electron chi connectivity index (χ0n) is 11.7. The first kappa shape index (κ1) is 14.7. The van der Waals surface area contributed by atoms with Crippen molar-refractivity contribution >= 4 is 28.9 Å². The monoisotopic (exact) mass is 320 g/mol. The van der Waals surface area contributed by atoms with E-state index in [1.165, 1.54) is 18.5 Å². The Morgan fingerprint density at radius 1 is 1.23 bits per heavy atom. The van der Waals surface area contributed by atoms with Gasteiger partial charge in [0, 0.05) is 18.7 Å². The first-order valence-corrected chi connectivity index (χ1v) is 7.35. The number of anilines is 2. The van der Waals surface area contributed by atoms with Crippen LogP contribution in [0.15, 0.2) is 30.6 Å². The summed E-state index contributed by atoms with van der Waals surface area (Å²) in [4.78, 5) is 21.6. The third kappa shape index (κ3) is 3.17. The highest BCUT2D eigenvalue weighted by Crippen LogP contribution is 2.24. The maximum absolute atomic E-state index is 14.2. The number of rotatable bonds is 3. The average molecular weight is 321 g/mol. The van der Waals surface area contributed by atoms with Gasteiger partial charge in [-0.25, -0.2) is 14.4 Å². The molecule has 2 aromatic rings. The third-order valence-electron chi connectivity index (χ3n) is 3.53. The maximum atomic E-state index is 14.2. The van der Waals surface area contributed by atoms with E-state index in [0.29, 0.717) is 11.4 Å². The smallest absolute Gasteiger partial charge is 0.255 e. The number of amides is 1. The predicted molar refractivity (Wildman–Crippen MR) is 82.8 cm³/mol. The zero-order valence-corrected chi connectivity index (χ0v) is 12.5. The highest BCUT2D eigenvalue weighted by molar-refractivity contribution is 6.28. The molecule has 2 heterocycles. The molecule has 5 nitrogen and oxygen atoms in total. The molecule has 1 aliphatic rings. The van der Waals surface area contributed by atoms with Crippen molar-refractivity contribution in [1.29, 1.82) is 0 Å². The van der Waals surface area contributed by atoms with Crippen LogP contribution in [0, 0.1) is 5.82 Å². The van der Waals surface area contributed by atoms with Gasteiger partial charge in [0.05, 0.1) is 23.8 Å². The molecule has 1 amide bonds. The summed E-state index contributed by atoms with van der Waals surface area (Å²) >= 11 is 5.58. The zero-order chi connectivity index (χ0) is 15.5. The van der Waals surface area contributed by atoms with Crippen LogP contribution < -0.4 is 10.2 Å². The van der Waals surface area contributed by atoms with Gasteiger partial charge in [-0.2, -0.15) is 0 Å². The van der Waals surface area contributed by atoms with Crippen molar-refractivity contribution in [3.63, 3.8) is 0 Å². The van der Waals surface area contributed by atoms with Gasteiger partial charge in [-0.15, -0.1) is 0 Å². The summed E-state index contributed by atoms with van der Waals surface area (Å²) in [7, 11) is 0. The Labute approximate surface area is 132 Å². The number of benzene rings is 1. The summed E-state index contributed by atoms with van der Waals surface area (Å²) in [6.07, 6.45) is 4.92. The molecule has 114 valence electrons. The second-order valence-corrected chi connectivity index (χ2v) is 5.39. The van der Waals surface area contributed by atoms with Crippen LogP contribution in [-0.2, 0) is 0 Å². The maximum Gasteiger partial charge on any atom is 0.255 e. The van der Waals surface area contributed by atoms with Gasteiger partial charge in [0.1, 0.15) is 5.82 Å². The fourth-order valence-electron chi connectivity index (χ4n) is 2.44. The summed E-state index contributed by atoms with van der Waals surface area (Å²) in [5.41, 5.74) is 1.19. The molecule has 0 radical (unpaired) electrons. The molecule has 0 spiro atoms. The molecule has 0 bridgehead atoms. The molecule has 1 aliphatic heterocycles. The van der Waals surface area contributed by atoms with Crippen molar-refractivity contribution in [3.05, 3.63) is 47.3 Å². The molecule has 7 heteroatoms. The lowest BCUT2D eigenvalue weighted by Gasteiger charge is -2.18. The largest absolute Gasteiger partial charge is 0.369 e. The molecule has 1 N–H and O–H groups in total. The Kier molecular flexibility index (Phi) is 4.20. The van der Waals surface area contributed by atoms with E-state index in [2.05, 4.69) is 15.3 Å². The SMILES string of the molecule is O=C(Nc1cnc(Cl)nc1)c1ccc(N2CCCC2)c(F)c1. The first-order chi connectivity index (χ1) is 10.6. The van der Waals surface area contributed by atoms with Gasteiger partial charge in [-0.1, -0.05) is 0 Å². The van der Waals surface area contributed by atoms with Crippen molar-refractivity contribution in [2.45, 2.75) is 12.8 Å². The van der Waals surface area contributed by atoms with Crippen LogP contribution in [0.25, 0.3) is 0 Å². The summed E-state index contributed by atoms with van der Waals surface area (Å²) < 4.78 is 14.2. The highest BCUT2D eigenvalue weighted by Gasteiger charge is 2.17. The van der Waals surface area contributed by atoms with Crippen LogP contribution in [0.2, 0.25) is 5.28 Å². The molecule has 1 aromatic heterocycles. The van der Waals surface area contributed by atoms with Crippen LogP contribution >= 0.6 is 11.6 Å². The number of carbonyl (C=O) groups excluding carboxylic acids is 1. The number of nitrogens with one attached hydrogen (secondary N) is 1. The molecule has 1 saturated heterocycles. The number of aromatic nitrogens is 2. The Hall–Kier alpha value is -2.21. The fraction of sp³-hybridized carbons (Fsp3) is 0.267. The van der Waals surface area contributed by atoms with Crippen LogP contribution in [0.3, 0.4) is 0 Å². The van der Waals surface area contributed by atoms with Crippen molar-refractivity contribution in [3.8, 4) is 0 Å². The van der Waals surface area contributed by atoms with E-state index in [-0.39, 0.29) is 16.7 Å². The standard InChI is InChI=1S/C15H14ClFN4O/c16-15-18-8-11(9-19-15)20-14(22)10-3-4-13(12(17)7-10)21-5-1-2-6-21/h3-4,7-9H,1-2,5-6H2,(H,20,22). The van der Waals surface area contributed by atoms with E-state index in [9.17, 15) is 9.18 Å². The minimum Gasteiger partial charge on any atom is -0.369 e. The number of nitrogens with zero attached hydrogens (tertiary/aromatic N) is 3. The van der Waals surface area contributed by atoms with Crippen molar-refractivity contribution in [1.82, 2.24) is 9.97 Å². The van der Waals surface area contributed by atoms with Crippen LogP contribution in [0.1, 0.15) is 23.2 Å². The first-order valence-electron chi connectivity index (χ1n) is 6.97. The summed E-state index contributed by atoms with van der Waals surface area (Å²) in [6, 6.07) is 4.51. The summed E-state index contributed by atoms with van der Waals surface area (Å²) in [5, 5.41) is 2.70. The topological polar surface area (TPSA) is 58.1 Å². The van der Waals surface area contributed by atoms with Gasteiger partial charge in [-0.05, 0) is 42.6 Å². The molecule has 0 unspecified atom stereocenters. The van der Waals surface area contributed by atoms with Gasteiger partial charge >= 0.3 is 0 Å². The Bertz CT molecular complexity index is 686. The Morgan fingerprint density at radius 3 is 2.55 bits per heavy atom. The molecule has 0 saturated carbocycles. The number of hydrogen-bond donors (Lipinski definition) is 1. The van der Waals surface area contributed by atoms with Gasteiger partial charge in [0.2, 0.25) is 5.28 Å². The van der Waals surface area contributed by atoms with Crippen molar-refractivity contribution in [2.24, 2.45) is 0 Å².